The van der Waals surface area contributed by atoms with Gasteiger partial charge in [-0.2, -0.15) is 4.31 Å². The Bertz CT molecular complexity index is 525. The van der Waals surface area contributed by atoms with Gasteiger partial charge in [0.05, 0.1) is 11.0 Å². The largest absolute Gasteiger partial charge is 0.389 e. The van der Waals surface area contributed by atoms with E-state index in [1.165, 1.54) is 0 Å². The van der Waals surface area contributed by atoms with Gasteiger partial charge in [0.2, 0.25) is 10.0 Å². The minimum atomic E-state index is -3.42. The molecule has 2 atom stereocenters. The molecule has 4 nitrogen and oxygen atoms in total. The summed E-state index contributed by atoms with van der Waals surface area (Å²) < 4.78 is 26.5. The lowest BCUT2D eigenvalue weighted by atomic mass is 10.1. The highest BCUT2D eigenvalue weighted by Gasteiger charge is 2.32. The van der Waals surface area contributed by atoms with Crippen LogP contribution in [0.1, 0.15) is 38.4 Å². The molecule has 2 rings (SSSR count). The summed E-state index contributed by atoms with van der Waals surface area (Å²) in [5.41, 5.74) is 0.628. The molecule has 1 aliphatic heterocycles. The molecule has 0 aromatic heterocycles. The second-order valence-electron chi connectivity index (χ2n) is 4.86. The molecule has 0 bridgehead atoms. The lowest BCUT2D eigenvalue weighted by Gasteiger charge is -2.21. The van der Waals surface area contributed by atoms with Crippen molar-refractivity contribution in [1.82, 2.24) is 4.31 Å². The Kier molecular flexibility index (Phi) is 3.75. The zero-order valence-electron chi connectivity index (χ0n) is 10.7. The second kappa shape index (κ2) is 4.99. The third-order valence-electron chi connectivity index (χ3n) is 3.44. The summed E-state index contributed by atoms with van der Waals surface area (Å²) >= 11 is 0. The third kappa shape index (κ3) is 2.43. The molecule has 1 heterocycles. The number of aliphatic hydroxyl groups excluding tert-OH is 1. The Labute approximate surface area is 108 Å². The number of nitrogens with zero attached hydrogens (tertiary/aromatic N) is 1. The highest BCUT2D eigenvalue weighted by Crippen LogP contribution is 2.27. The molecule has 1 N–H and O–H groups in total. The highest BCUT2D eigenvalue weighted by molar-refractivity contribution is 7.89. The molecule has 0 amide bonds. The molecular weight excluding hydrogens is 250 g/mol. The Morgan fingerprint density at radius 2 is 2.17 bits per heavy atom. The summed E-state index contributed by atoms with van der Waals surface area (Å²) in [5, 5.41) is 9.52. The Morgan fingerprint density at radius 3 is 2.72 bits per heavy atom. The average Bonchev–Trinajstić information content (AvgIpc) is 2.76. The van der Waals surface area contributed by atoms with Crippen LogP contribution < -0.4 is 0 Å². The Balaban J connectivity index is 2.38. The van der Waals surface area contributed by atoms with E-state index in [1.54, 1.807) is 35.5 Å². The fourth-order valence-electron chi connectivity index (χ4n) is 2.33. The standard InChI is InChI=1S/C13H19NO3S/c1-10-5-4-8-14(10)18(16,17)13-7-3-6-12(9-13)11(2)15/h3,6-7,9-11,15H,4-5,8H2,1-2H3. The molecule has 0 saturated carbocycles. The van der Waals surface area contributed by atoms with Crippen molar-refractivity contribution in [2.75, 3.05) is 6.54 Å². The summed E-state index contributed by atoms with van der Waals surface area (Å²) in [6.45, 7) is 4.15. The normalized spacial score (nSPS) is 23.2. The van der Waals surface area contributed by atoms with Crippen LogP contribution in [0.5, 0.6) is 0 Å². The van der Waals surface area contributed by atoms with Crippen molar-refractivity contribution < 1.29 is 13.5 Å². The maximum atomic E-state index is 12.5. The highest BCUT2D eigenvalue weighted by atomic mass is 32.2. The zero-order chi connectivity index (χ0) is 13.3. The van der Waals surface area contributed by atoms with Gasteiger partial charge in [0.25, 0.3) is 0 Å². The van der Waals surface area contributed by atoms with E-state index >= 15 is 0 Å². The SMILES string of the molecule is CC(O)c1cccc(S(=O)(=O)N2CCCC2C)c1. The van der Waals surface area contributed by atoms with Crippen molar-refractivity contribution in [3.63, 3.8) is 0 Å². The molecule has 100 valence electrons. The van der Waals surface area contributed by atoms with E-state index in [0.29, 0.717) is 12.1 Å². The van der Waals surface area contributed by atoms with Crippen molar-refractivity contribution in [2.45, 2.75) is 43.7 Å². The molecule has 2 unspecified atom stereocenters. The molecule has 1 aromatic carbocycles. The van der Waals surface area contributed by atoms with Gasteiger partial charge in [0, 0.05) is 12.6 Å². The van der Waals surface area contributed by atoms with Crippen molar-refractivity contribution in [2.24, 2.45) is 0 Å². The quantitative estimate of drug-likeness (QED) is 0.912. The van der Waals surface area contributed by atoms with Crippen LogP contribution in [0.4, 0.5) is 0 Å². The summed E-state index contributed by atoms with van der Waals surface area (Å²) in [6.07, 6.45) is 1.17. The van der Waals surface area contributed by atoms with Gasteiger partial charge < -0.3 is 5.11 Å². The van der Waals surface area contributed by atoms with Crippen LogP contribution in [0, 0.1) is 0 Å². The molecule has 0 aliphatic carbocycles. The molecular formula is C13H19NO3S. The van der Waals surface area contributed by atoms with Crippen molar-refractivity contribution in [1.29, 1.82) is 0 Å². The molecule has 1 fully saturated rings. The number of hydrogen-bond donors (Lipinski definition) is 1. The zero-order valence-corrected chi connectivity index (χ0v) is 11.5. The van der Waals surface area contributed by atoms with Gasteiger partial charge in [0.15, 0.2) is 0 Å². The van der Waals surface area contributed by atoms with Crippen molar-refractivity contribution in [3.8, 4) is 0 Å². The predicted molar refractivity (Wildman–Crippen MR) is 69.7 cm³/mol. The molecule has 0 spiro atoms. The fraction of sp³-hybridized carbons (Fsp3) is 0.538. The molecule has 1 saturated heterocycles. The minimum Gasteiger partial charge on any atom is -0.389 e. The average molecular weight is 269 g/mol. The lowest BCUT2D eigenvalue weighted by Crippen LogP contribution is -2.33. The van der Waals surface area contributed by atoms with Crippen LogP contribution in [0.25, 0.3) is 0 Å². The number of benzene rings is 1. The number of aliphatic hydroxyl groups is 1. The van der Waals surface area contributed by atoms with Crippen LogP contribution in [-0.4, -0.2) is 30.4 Å². The first-order valence-electron chi connectivity index (χ1n) is 6.23. The third-order valence-corrected chi connectivity index (χ3v) is 5.45. The van der Waals surface area contributed by atoms with E-state index < -0.39 is 16.1 Å². The molecule has 1 aliphatic rings. The predicted octanol–water partition coefficient (Wildman–Crippen LogP) is 1.91. The van der Waals surface area contributed by atoms with E-state index in [2.05, 4.69) is 0 Å². The molecule has 1 aromatic rings. The second-order valence-corrected chi connectivity index (χ2v) is 6.75. The van der Waals surface area contributed by atoms with Crippen LogP contribution in [0.2, 0.25) is 0 Å². The fourth-order valence-corrected chi connectivity index (χ4v) is 4.09. The van der Waals surface area contributed by atoms with Crippen LogP contribution >= 0.6 is 0 Å². The van der Waals surface area contributed by atoms with E-state index in [1.807, 2.05) is 6.92 Å². The Hall–Kier alpha value is -0.910. The summed E-state index contributed by atoms with van der Waals surface area (Å²) in [5.74, 6) is 0. The van der Waals surface area contributed by atoms with Gasteiger partial charge in [-0.3, -0.25) is 0 Å². The number of sulfonamides is 1. The van der Waals surface area contributed by atoms with Gasteiger partial charge in [0.1, 0.15) is 0 Å². The molecule has 5 heteroatoms. The minimum absolute atomic E-state index is 0.0604. The number of hydrogen-bond acceptors (Lipinski definition) is 3. The molecule has 18 heavy (non-hydrogen) atoms. The van der Waals surface area contributed by atoms with Crippen LogP contribution in [0.15, 0.2) is 29.2 Å². The lowest BCUT2D eigenvalue weighted by molar-refractivity contribution is 0.199. The topological polar surface area (TPSA) is 57.6 Å². The van der Waals surface area contributed by atoms with Gasteiger partial charge in [-0.05, 0) is 44.4 Å². The number of rotatable bonds is 3. The van der Waals surface area contributed by atoms with Gasteiger partial charge in [-0.25, -0.2) is 8.42 Å². The maximum absolute atomic E-state index is 12.5. The van der Waals surface area contributed by atoms with Crippen LogP contribution in [-0.2, 0) is 10.0 Å². The first-order chi connectivity index (χ1) is 8.43. The molecule has 0 radical (unpaired) electrons. The van der Waals surface area contributed by atoms with Gasteiger partial charge in [-0.1, -0.05) is 12.1 Å². The van der Waals surface area contributed by atoms with E-state index in [4.69, 9.17) is 0 Å². The Morgan fingerprint density at radius 1 is 1.44 bits per heavy atom. The van der Waals surface area contributed by atoms with Crippen molar-refractivity contribution >= 4 is 10.0 Å². The van der Waals surface area contributed by atoms with E-state index in [0.717, 1.165) is 12.8 Å². The van der Waals surface area contributed by atoms with Gasteiger partial charge in [-0.15, -0.1) is 0 Å². The van der Waals surface area contributed by atoms with Gasteiger partial charge >= 0.3 is 0 Å². The summed E-state index contributed by atoms with van der Waals surface area (Å²) in [6, 6.07) is 6.62. The van der Waals surface area contributed by atoms with E-state index in [-0.39, 0.29) is 10.9 Å². The summed E-state index contributed by atoms with van der Waals surface area (Å²) in [7, 11) is -3.42. The maximum Gasteiger partial charge on any atom is 0.243 e. The summed E-state index contributed by atoms with van der Waals surface area (Å²) in [4.78, 5) is 0.273. The van der Waals surface area contributed by atoms with E-state index in [9.17, 15) is 13.5 Å². The first kappa shape index (κ1) is 13.5. The van der Waals surface area contributed by atoms with Crippen molar-refractivity contribution in [3.05, 3.63) is 29.8 Å². The first-order valence-corrected chi connectivity index (χ1v) is 7.67. The smallest absolute Gasteiger partial charge is 0.243 e. The van der Waals surface area contributed by atoms with Crippen LogP contribution in [0.3, 0.4) is 0 Å². The monoisotopic (exact) mass is 269 g/mol.